The van der Waals surface area contributed by atoms with Crippen LogP contribution in [-0.2, 0) is 6.67 Å². The molecule has 4 heterocycles. The van der Waals surface area contributed by atoms with Crippen LogP contribution in [0.5, 0.6) is 0 Å². The largest absolute Gasteiger partial charge is 0.408 e. The van der Waals surface area contributed by atoms with Crippen LogP contribution in [0.1, 0.15) is 5.56 Å². The predicted molar refractivity (Wildman–Crippen MR) is 101 cm³/mol. The van der Waals surface area contributed by atoms with E-state index in [1.165, 1.54) is 0 Å². The highest BCUT2D eigenvalue weighted by atomic mass is 32.1. The Hall–Kier alpha value is -2.54. The zero-order valence-electron chi connectivity index (χ0n) is 13.9. The summed E-state index contributed by atoms with van der Waals surface area (Å²) in [7, 11) is 0. The fourth-order valence-corrected chi connectivity index (χ4v) is 3.74. The average Bonchev–Trinajstić information content (AvgIpc) is 3.33. The molecule has 0 bridgehead atoms. The molecule has 132 valence electrons. The summed E-state index contributed by atoms with van der Waals surface area (Å²) in [5.74, 6) is 1.32. The van der Waals surface area contributed by atoms with Crippen molar-refractivity contribution in [3.8, 4) is 16.8 Å². The van der Waals surface area contributed by atoms with Crippen LogP contribution in [0.25, 0.3) is 10.8 Å². The number of nitrogens with zero attached hydrogens (tertiary/aromatic N) is 6. The zero-order valence-corrected chi connectivity index (χ0v) is 15.5. The predicted octanol–water partition coefficient (Wildman–Crippen LogP) is 2.98. The van der Waals surface area contributed by atoms with Gasteiger partial charge in [-0.1, -0.05) is 6.07 Å². The number of hydrogen-bond acceptors (Lipinski definition) is 8. The minimum atomic E-state index is 0.382. The summed E-state index contributed by atoms with van der Waals surface area (Å²) in [6.07, 6.45) is 1.73. The summed E-state index contributed by atoms with van der Waals surface area (Å²) >= 11 is 6.88. The van der Waals surface area contributed by atoms with Gasteiger partial charge in [-0.2, -0.15) is 5.26 Å². The summed E-state index contributed by atoms with van der Waals surface area (Å²) in [4.78, 5) is 10.1. The third-order valence-electron chi connectivity index (χ3n) is 4.25. The molecular weight excluding hydrogens is 368 g/mol. The van der Waals surface area contributed by atoms with E-state index in [4.69, 9.17) is 16.6 Å². The van der Waals surface area contributed by atoms with Gasteiger partial charge in [0.15, 0.2) is 0 Å². The molecule has 0 radical (unpaired) electrons. The maximum Gasteiger partial charge on any atom is 0.288 e. The molecule has 0 N–H and O–H groups in total. The molecule has 0 aliphatic carbocycles. The number of piperazine rings is 1. The first-order chi connectivity index (χ1) is 12.7. The topological polar surface area (TPSA) is 74.1 Å². The monoisotopic (exact) mass is 384 g/mol. The maximum atomic E-state index is 9.25. The quantitative estimate of drug-likeness (QED) is 0.640. The van der Waals surface area contributed by atoms with Gasteiger partial charge >= 0.3 is 0 Å². The fraction of sp³-hybridized carbons (Fsp3) is 0.294. The zero-order chi connectivity index (χ0) is 17.9. The average molecular weight is 384 g/mol. The normalized spacial score (nSPS) is 15.1. The molecule has 0 aromatic carbocycles. The van der Waals surface area contributed by atoms with Gasteiger partial charge in [-0.3, -0.25) is 4.90 Å². The summed E-state index contributed by atoms with van der Waals surface area (Å²) in [5.41, 5.74) is 0.611. The van der Waals surface area contributed by atoms with Crippen LogP contribution in [-0.4, -0.2) is 45.8 Å². The molecule has 0 saturated carbocycles. The lowest BCUT2D eigenvalue weighted by atomic mass is 10.2. The fourth-order valence-electron chi connectivity index (χ4n) is 2.92. The third-order valence-corrected chi connectivity index (χ3v) is 5.40. The number of aromatic nitrogens is 3. The molecule has 3 aromatic rings. The van der Waals surface area contributed by atoms with E-state index < -0.39 is 0 Å². The van der Waals surface area contributed by atoms with Crippen molar-refractivity contribution in [2.24, 2.45) is 0 Å². The molecule has 0 spiro atoms. The smallest absolute Gasteiger partial charge is 0.288 e. The molecule has 0 amide bonds. The molecule has 1 saturated heterocycles. The van der Waals surface area contributed by atoms with Crippen LogP contribution in [0.15, 0.2) is 40.3 Å². The molecule has 1 fully saturated rings. The van der Waals surface area contributed by atoms with Crippen molar-refractivity contribution in [3.05, 3.63) is 46.2 Å². The van der Waals surface area contributed by atoms with Crippen molar-refractivity contribution in [3.63, 3.8) is 0 Å². The summed E-state index contributed by atoms with van der Waals surface area (Å²) in [5, 5.41) is 15.7. The molecule has 1 aliphatic heterocycles. The minimum absolute atomic E-state index is 0.382. The number of thiophene rings is 1. The van der Waals surface area contributed by atoms with E-state index >= 15 is 0 Å². The minimum Gasteiger partial charge on any atom is -0.408 e. The molecule has 4 rings (SSSR count). The van der Waals surface area contributed by atoms with Gasteiger partial charge in [0.2, 0.25) is 0 Å². The Bertz CT molecular complexity index is 979. The van der Waals surface area contributed by atoms with E-state index in [9.17, 15) is 5.26 Å². The number of hydrogen-bond donors (Lipinski definition) is 0. The van der Waals surface area contributed by atoms with Crippen LogP contribution in [0, 0.1) is 16.2 Å². The highest BCUT2D eigenvalue weighted by Gasteiger charge is 2.21. The standard InChI is InChI=1S/C17H16N6OS2/c18-11-13-3-1-5-19-15(13)22-8-6-21(7-9-22)12-23-17(25)24-16(20-23)14-4-2-10-26-14/h1-5,10H,6-9,12H2. The van der Waals surface area contributed by atoms with Gasteiger partial charge in [0, 0.05) is 32.4 Å². The Balaban J connectivity index is 1.42. The first kappa shape index (κ1) is 16.9. The highest BCUT2D eigenvalue weighted by molar-refractivity contribution is 7.71. The van der Waals surface area contributed by atoms with Gasteiger partial charge in [-0.15, -0.1) is 16.4 Å². The van der Waals surface area contributed by atoms with E-state index in [1.54, 1.807) is 34.3 Å². The molecular formula is C17H16N6OS2. The van der Waals surface area contributed by atoms with Crippen LogP contribution in [0.4, 0.5) is 5.82 Å². The van der Waals surface area contributed by atoms with Gasteiger partial charge < -0.3 is 9.32 Å². The van der Waals surface area contributed by atoms with Gasteiger partial charge in [0.25, 0.3) is 10.7 Å². The second-order valence-electron chi connectivity index (χ2n) is 5.88. The van der Waals surface area contributed by atoms with E-state index in [0.717, 1.165) is 36.9 Å². The number of anilines is 1. The van der Waals surface area contributed by atoms with Crippen LogP contribution in [0.3, 0.4) is 0 Å². The lowest BCUT2D eigenvalue weighted by Crippen LogP contribution is -2.47. The number of rotatable bonds is 4. The van der Waals surface area contributed by atoms with Crippen LogP contribution < -0.4 is 4.90 Å². The molecule has 0 atom stereocenters. The van der Waals surface area contributed by atoms with Crippen molar-refractivity contribution in [1.29, 1.82) is 5.26 Å². The first-order valence-corrected chi connectivity index (χ1v) is 9.47. The Kier molecular flexibility index (Phi) is 4.79. The Morgan fingerprint density at radius 3 is 2.81 bits per heavy atom. The molecule has 7 nitrogen and oxygen atoms in total. The van der Waals surface area contributed by atoms with Crippen molar-refractivity contribution in [2.75, 3.05) is 31.1 Å². The Labute approximate surface area is 159 Å². The summed E-state index contributed by atoms with van der Waals surface area (Å²) in [6, 6.07) is 9.73. The highest BCUT2D eigenvalue weighted by Crippen LogP contribution is 2.23. The Morgan fingerprint density at radius 1 is 1.23 bits per heavy atom. The summed E-state index contributed by atoms with van der Waals surface area (Å²) in [6.45, 7) is 3.87. The van der Waals surface area contributed by atoms with Gasteiger partial charge in [0.05, 0.1) is 17.1 Å². The van der Waals surface area contributed by atoms with E-state index in [0.29, 0.717) is 23.0 Å². The number of nitriles is 1. The first-order valence-electron chi connectivity index (χ1n) is 8.19. The number of pyridine rings is 1. The SMILES string of the molecule is N#Cc1cccnc1N1CCN(Cn2nc(-c3cccs3)oc2=S)CC1. The lowest BCUT2D eigenvalue weighted by molar-refractivity contribution is 0.192. The molecule has 3 aromatic heterocycles. The van der Waals surface area contributed by atoms with Crippen LogP contribution >= 0.6 is 23.6 Å². The molecule has 9 heteroatoms. The maximum absolute atomic E-state index is 9.25. The van der Waals surface area contributed by atoms with E-state index in [2.05, 4.69) is 26.0 Å². The summed E-state index contributed by atoms with van der Waals surface area (Å²) < 4.78 is 7.34. The van der Waals surface area contributed by atoms with Crippen LogP contribution in [0.2, 0.25) is 0 Å². The van der Waals surface area contributed by atoms with Gasteiger partial charge in [0.1, 0.15) is 11.9 Å². The molecule has 0 unspecified atom stereocenters. The van der Waals surface area contributed by atoms with E-state index in [1.807, 2.05) is 17.5 Å². The van der Waals surface area contributed by atoms with Crippen molar-refractivity contribution < 1.29 is 4.42 Å². The second-order valence-corrected chi connectivity index (χ2v) is 7.18. The molecule has 1 aliphatic rings. The van der Waals surface area contributed by atoms with Gasteiger partial charge in [-0.05, 0) is 35.8 Å². The van der Waals surface area contributed by atoms with E-state index in [-0.39, 0.29) is 0 Å². The Morgan fingerprint density at radius 2 is 2.08 bits per heavy atom. The van der Waals surface area contributed by atoms with Crippen molar-refractivity contribution >= 4 is 29.4 Å². The molecule has 26 heavy (non-hydrogen) atoms. The second kappa shape index (κ2) is 7.37. The lowest BCUT2D eigenvalue weighted by Gasteiger charge is -2.35. The van der Waals surface area contributed by atoms with Crippen molar-refractivity contribution in [1.82, 2.24) is 19.7 Å². The van der Waals surface area contributed by atoms with Gasteiger partial charge in [-0.25, -0.2) is 9.67 Å². The van der Waals surface area contributed by atoms with Crippen molar-refractivity contribution in [2.45, 2.75) is 6.67 Å². The third kappa shape index (κ3) is 3.39.